The molecule has 0 fully saturated rings. The van der Waals surface area contributed by atoms with Gasteiger partial charge in [0.15, 0.2) is 11.9 Å². The summed E-state index contributed by atoms with van der Waals surface area (Å²) in [7, 11) is 0. The molecule has 0 aliphatic rings. The van der Waals surface area contributed by atoms with Gasteiger partial charge in [0.05, 0.1) is 0 Å². The molecule has 0 bridgehead atoms. The first-order valence-corrected chi connectivity index (χ1v) is 13.5. The van der Waals surface area contributed by atoms with Gasteiger partial charge in [0, 0.05) is 37.1 Å². The first-order chi connectivity index (χ1) is 16.2. The zero-order valence-corrected chi connectivity index (χ0v) is 20.9. The van der Waals surface area contributed by atoms with E-state index in [-0.39, 0.29) is 0 Å². The van der Waals surface area contributed by atoms with Crippen LogP contribution in [0.3, 0.4) is 0 Å². The Hall–Kier alpha value is -2.16. The van der Waals surface area contributed by atoms with Gasteiger partial charge in [-0.15, -0.1) is 0 Å². The van der Waals surface area contributed by atoms with Crippen molar-refractivity contribution in [3.63, 3.8) is 0 Å². The van der Waals surface area contributed by atoms with Crippen LogP contribution in [-0.4, -0.2) is 11.1 Å². The van der Waals surface area contributed by atoms with E-state index in [9.17, 15) is 4.79 Å². The van der Waals surface area contributed by atoms with Gasteiger partial charge in [0.2, 0.25) is 5.69 Å². The lowest BCUT2D eigenvalue weighted by Crippen LogP contribution is -2.34. The number of unbranched alkanes of at least 4 members (excludes halogenated alkanes) is 14. The van der Waals surface area contributed by atoms with E-state index in [0.29, 0.717) is 6.42 Å². The quantitative estimate of drug-likeness (QED) is 0.173. The molecule has 1 aromatic heterocycles. The molecule has 2 aromatic rings. The van der Waals surface area contributed by atoms with E-state index in [4.69, 9.17) is 5.11 Å². The molecule has 1 aromatic carbocycles. The van der Waals surface area contributed by atoms with Gasteiger partial charge in [-0.2, -0.15) is 4.57 Å². The number of benzene rings is 1. The van der Waals surface area contributed by atoms with Crippen molar-refractivity contribution in [2.75, 3.05) is 0 Å². The summed E-state index contributed by atoms with van der Waals surface area (Å²) in [4.78, 5) is 10.5. The fourth-order valence-electron chi connectivity index (χ4n) is 4.65. The normalized spacial score (nSPS) is 11.1. The monoisotopic (exact) mass is 452 g/mol. The molecule has 0 atom stereocenters. The molecule has 2 rings (SSSR count). The smallest absolute Gasteiger partial charge is 0.303 e. The highest BCUT2D eigenvalue weighted by molar-refractivity contribution is 5.66. The van der Waals surface area contributed by atoms with E-state index >= 15 is 0 Å². The van der Waals surface area contributed by atoms with Crippen LogP contribution in [0.15, 0.2) is 48.7 Å². The highest BCUT2D eigenvalue weighted by Crippen LogP contribution is 2.15. The SMILES string of the molecule is Cc1c(CCCCCCCCCCCCCCCCCC(=O)O)ccc[n+]1-c1ccccc1. The molecule has 1 heterocycles. The molecule has 0 radical (unpaired) electrons. The van der Waals surface area contributed by atoms with Gasteiger partial charge in [-0.05, 0) is 25.3 Å². The van der Waals surface area contributed by atoms with Crippen molar-refractivity contribution in [3.05, 3.63) is 59.9 Å². The Morgan fingerprint density at radius 1 is 0.667 bits per heavy atom. The average Bonchev–Trinajstić information content (AvgIpc) is 2.82. The summed E-state index contributed by atoms with van der Waals surface area (Å²) in [5, 5.41) is 8.62. The van der Waals surface area contributed by atoms with Gasteiger partial charge in [-0.1, -0.05) is 102 Å². The minimum atomic E-state index is -0.658. The number of aliphatic carboxylic acids is 1. The molecule has 0 amide bonds. The largest absolute Gasteiger partial charge is 0.481 e. The maximum atomic E-state index is 10.5. The van der Waals surface area contributed by atoms with Crippen molar-refractivity contribution in [2.45, 2.75) is 116 Å². The Labute approximate surface area is 202 Å². The van der Waals surface area contributed by atoms with Crippen molar-refractivity contribution in [1.82, 2.24) is 0 Å². The number of carboxylic acids is 1. The van der Waals surface area contributed by atoms with Crippen molar-refractivity contribution in [3.8, 4) is 5.69 Å². The third kappa shape index (κ3) is 12.0. The van der Waals surface area contributed by atoms with Crippen LogP contribution in [0.4, 0.5) is 0 Å². The van der Waals surface area contributed by atoms with E-state index in [1.807, 2.05) is 0 Å². The van der Waals surface area contributed by atoms with Gasteiger partial charge >= 0.3 is 5.97 Å². The van der Waals surface area contributed by atoms with Crippen molar-refractivity contribution in [1.29, 1.82) is 0 Å². The van der Waals surface area contributed by atoms with Crippen molar-refractivity contribution < 1.29 is 14.5 Å². The first kappa shape index (κ1) is 27.1. The average molecular weight is 453 g/mol. The third-order valence-electron chi connectivity index (χ3n) is 6.73. The van der Waals surface area contributed by atoms with Crippen LogP contribution in [0.2, 0.25) is 0 Å². The predicted molar refractivity (Wildman–Crippen MR) is 138 cm³/mol. The molecule has 0 saturated heterocycles. The van der Waals surface area contributed by atoms with E-state index in [2.05, 4.69) is 60.2 Å². The molecule has 1 N–H and O–H groups in total. The van der Waals surface area contributed by atoms with Gasteiger partial charge in [0.25, 0.3) is 0 Å². The number of aryl methyl sites for hydroxylation is 1. The summed E-state index contributed by atoms with van der Waals surface area (Å²) in [5.41, 5.74) is 4.08. The van der Waals surface area contributed by atoms with Crippen LogP contribution >= 0.6 is 0 Å². The highest BCUT2D eigenvalue weighted by Gasteiger charge is 2.13. The van der Waals surface area contributed by atoms with Crippen LogP contribution < -0.4 is 4.57 Å². The van der Waals surface area contributed by atoms with E-state index in [1.165, 1.54) is 107 Å². The molecule has 0 unspecified atom stereocenters. The lowest BCUT2D eigenvalue weighted by molar-refractivity contribution is -0.603. The number of hydrogen-bond donors (Lipinski definition) is 1. The summed E-state index contributed by atoms with van der Waals surface area (Å²) >= 11 is 0. The first-order valence-electron chi connectivity index (χ1n) is 13.5. The number of rotatable bonds is 19. The number of para-hydroxylation sites is 1. The summed E-state index contributed by atoms with van der Waals surface area (Å²) in [5.74, 6) is -0.658. The zero-order valence-electron chi connectivity index (χ0n) is 20.9. The second kappa shape index (κ2) is 17.3. The molecular formula is C30H46NO2+. The number of aromatic nitrogens is 1. The Morgan fingerprint density at radius 2 is 1.15 bits per heavy atom. The van der Waals surface area contributed by atoms with E-state index < -0.39 is 5.97 Å². The number of carboxylic acid groups (broad SMARTS) is 1. The summed E-state index contributed by atoms with van der Waals surface area (Å²) in [6.45, 7) is 2.24. The van der Waals surface area contributed by atoms with Crippen molar-refractivity contribution in [2.24, 2.45) is 0 Å². The summed E-state index contributed by atoms with van der Waals surface area (Å²) in [6.07, 6.45) is 23.0. The number of carbonyl (C=O) groups is 1. The molecule has 0 saturated carbocycles. The number of nitrogens with zero attached hydrogens (tertiary/aromatic N) is 1. The van der Waals surface area contributed by atoms with Crippen molar-refractivity contribution >= 4 is 5.97 Å². The minimum absolute atomic E-state index is 0.335. The van der Waals surface area contributed by atoms with Gasteiger partial charge in [-0.25, -0.2) is 0 Å². The molecule has 3 nitrogen and oxygen atoms in total. The van der Waals surface area contributed by atoms with Crippen LogP contribution in [0.5, 0.6) is 0 Å². The third-order valence-corrected chi connectivity index (χ3v) is 6.73. The Morgan fingerprint density at radius 3 is 1.67 bits per heavy atom. The molecule has 33 heavy (non-hydrogen) atoms. The second-order valence-corrected chi connectivity index (χ2v) is 9.52. The summed E-state index contributed by atoms with van der Waals surface area (Å²) in [6, 6.07) is 15.1. The Bertz CT molecular complexity index is 772. The molecule has 0 aliphatic carbocycles. The fraction of sp³-hybridized carbons (Fsp3) is 0.600. The molecule has 3 heteroatoms. The minimum Gasteiger partial charge on any atom is -0.481 e. The van der Waals surface area contributed by atoms with Gasteiger partial charge < -0.3 is 5.11 Å². The van der Waals surface area contributed by atoms with Gasteiger partial charge in [0.1, 0.15) is 0 Å². The van der Waals surface area contributed by atoms with Crippen LogP contribution in [0.1, 0.15) is 114 Å². The predicted octanol–water partition coefficient (Wildman–Crippen LogP) is 8.14. The highest BCUT2D eigenvalue weighted by atomic mass is 16.4. The van der Waals surface area contributed by atoms with Crippen LogP contribution in [-0.2, 0) is 11.2 Å². The maximum absolute atomic E-state index is 10.5. The molecule has 0 spiro atoms. The van der Waals surface area contributed by atoms with E-state index in [0.717, 1.165) is 12.8 Å². The second-order valence-electron chi connectivity index (χ2n) is 9.52. The molecule has 0 aliphatic heterocycles. The van der Waals surface area contributed by atoms with E-state index in [1.54, 1.807) is 0 Å². The summed E-state index contributed by atoms with van der Waals surface area (Å²) < 4.78 is 2.30. The lowest BCUT2D eigenvalue weighted by Gasteiger charge is -2.06. The maximum Gasteiger partial charge on any atom is 0.303 e. The Kier molecular flexibility index (Phi) is 14.2. The molecule has 182 valence electrons. The fourth-order valence-corrected chi connectivity index (χ4v) is 4.65. The van der Waals surface area contributed by atoms with Crippen LogP contribution in [0.25, 0.3) is 5.69 Å². The zero-order chi connectivity index (χ0) is 23.6. The number of hydrogen-bond acceptors (Lipinski definition) is 1. The lowest BCUT2D eigenvalue weighted by atomic mass is 10.0. The van der Waals surface area contributed by atoms with Crippen LogP contribution in [0, 0.1) is 6.92 Å². The standard InChI is InChI=1S/C30H45NO2/c1-27-28(22-20-26-31(27)29-23-17-15-18-24-29)21-16-13-11-9-7-5-3-2-4-6-8-10-12-14-19-25-30(32)33/h15,17-18,20,22-24,26H,2-14,16,19,21,25H2,1H3/p+1. The number of pyridine rings is 1. The van der Waals surface area contributed by atoms with Gasteiger partial charge in [-0.3, -0.25) is 4.79 Å². The Balaban J connectivity index is 1.41. The molecular weight excluding hydrogens is 406 g/mol. The topological polar surface area (TPSA) is 41.2 Å².